The summed E-state index contributed by atoms with van der Waals surface area (Å²) < 4.78 is 6.77. The fourth-order valence-corrected chi connectivity index (χ4v) is 2.56. The monoisotopic (exact) mass is 333 g/mol. The first-order valence-corrected chi connectivity index (χ1v) is 7.31. The maximum absolute atomic E-state index is 12.4. The van der Waals surface area contributed by atoms with E-state index in [-0.39, 0.29) is 5.88 Å². The molecule has 0 amide bonds. The van der Waals surface area contributed by atoms with Gasteiger partial charge in [0.05, 0.1) is 21.4 Å². The topological polar surface area (TPSA) is 31.2 Å². The number of benzene rings is 1. The van der Waals surface area contributed by atoms with Crippen molar-refractivity contribution in [2.75, 3.05) is 0 Å². The maximum atomic E-state index is 12.4. The minimum absolute atomic E-state index is 0.153. The minimum Gasteiger partial charge on any atom is -0.443 e. The van der Waals surface area contributed by atoms with E-state index in [9.17, 15) is 4.79 Å². The van der Waals surface area contributed by atoms with E-state index in [1.54, 1.807) is 39.0 Å². The van der Waals surface area contributed by atoms with Gasteiger partial charge in [-0.2, -0.15) is 0 Å². The van der Waals surface area contributed by atoms with Gasteiger partial charge in [-0.15, -0.1) is 11.6 Å². The number of nitrogens with zero attached hydrogens (tertiary/aromatic N) is 1. The Morgan fingerprint density at radius 2 is 1.85 bits per heavy atom. The predicted octanol–water partition coefficient (Wildman–Crippen LogP) is 5.47. The van der Waals surface area contributed by atoms with E-state index in [0.29, 0.717) is 26.6 Å². The third-order valence-corrected chi connectivity index (χ3v) is 3.56. The Morgan fingerprint density at radius 1 is 1.25 bits per heavy atom. The van der Waals surface area contributed by atoms with Crippen LogP contribution >= 0.6 is 34.8 Å². The van der Waals surface area contributed by atoms with Gasteiger partial charge in [0.1, 0.15) is 5.60 Å². The molecule has 0 radical (unpaired) electrons. The molecule has 0 unspecified atom stereocenters. The lowest BCUT2D eigenvalue weighted by molar-refractivity contribution is 0.0541. The lowest BCUT2D eigenvalue weighted by Crippen LogP contribution is -2.27. The summed E-state index contributed by atoms with van der Waals surface area (Å²) in [7, 11) is 0. The lowest BCUT2D eigenvalue weighted by atomic mass is 10.2. The van der Waals surface area contributed by atoms with E-state index in [1.165, 1.54) is 4.57 Å². The molecule has 1 heterocycles. The average Bonchev–Trinajstić information content (AvgIpc) is 2.72. The summed E-state index contributed by atoms with van der Waals surface area (Å²) in [5.74, 6) is 0.153. The molecule has 0 N–H and O–H groups in total. The predicted molar refractivity (Wildman–Crippen MR) is 83.1 cm³/mol. The Kier molecular flexibility index (Phi) is 4.24. The molecule has 2 aromatic rings. The van der Waals surface area contributed by atoms with Crippen LogP contribution in [0.25, 0.3) is 10.9 Å². The normalized spacial score (nSPS) is 11.9. The van der Waals surface area contributed by atoms with Crippen LogP contribution in [0.4, 0.5) is 4.79 Å². The van der Waals surface area contributed by atoms with Crippen molar-refractivity contribution in [3.05, 3.63) is 33.9 Å². The van der Waals surface area contributed by atoms with Gasteiger partial charge in [0.2, 0.25) is 0 Å². The molecular formula is C14H14Cl3NO2. The summed E-state index contributed by atoms with van der Waals surface area (Å²) in [6, 6.07) is 5.08. The van der Waals surface area contributed by atoms with Crippen molar-refractivity contribution < 1.29 is 9.53 Å². The number of carbonyl (C=O) groups is 1. The number of ether oxygens (including phenoxy) is 1. The zero-order valence-electron chi connectivity index (χ0n) is 11.3. The summed E-state index contributed by atoms with van der Waals surface area (Å²) in [6.45, 7) is 5.39. The van der Waals surface area contributed by atoms with Crippen molar-refractivity contribution in [1.29, 1.82) is 0 Å². The van der Waals surface area contributed by atoms with E-state index in [0.717, 1.165) is 0 Å². The van der Waals surface area contributed by atoms with Crippen LogP contribution in [0.5, 0.6) is 0 Å². The van der Waals surface area contributed by atoms with Crippen molar-refractivity contribution in [1.82, 2.24) is 4.57 Å². The Hall–Kier alpha value is -0.900. The van der Waals surface area contributed by atoms with Crippen molar-refractivity contribution in [3.63, 3.8) is 0 Å². The van der Waals surface area contributed by atoms with Crippen LogP contribution in [0.1, 0.15) is 26.5 Å². The summed E-state index contributed by atoms with van der Waals surface area (Å²) in [5, 5.41) is 1.62. The second kappa shape index (κ2) is 5.47. The zero-order valence-corrected chi connectivity index (χ0v) is 13.6. The van der Waals surface area contributed by atoms with Gasteiger partial charge in [-0.05, 0) is 39.0 Å². The largest absolute Gasteiger partial charge is 0.443 e. The Labute approximate surface area is 132 Å². The Morgan fingerprint density at radius 3 is 2.40 bits per heavy atom. The molecule has 20 heavy (non-hydrogen) atoms. The summed E-state index contributed by atoms with van der Waals surface area (Å²) in [5.41, 5.74) is 0.498. The van der Waals surface area contributed by atoms with Crippen LogP contribution in [0, 0.1) is 0 Å². The van der Waals surface area contributed by atoms with Crippen molar-refractivity contribution >= 4 is 51.8 Å². The maximum Gasteiger partial charge on any atom is 0.419 e. The van der Waals surface area contributed by atoms with Gasteiger partial charge < -0.3 is 4.74 Å². The van der Waals surface area contributed by atoms with Crippen LogP contribution in [0.15, 0.2) is 18.2 Å². The molecule has 1 aromatic carbocycles. The molecule has 108 valence electrons. The quantitative estimate of drug-likeness (QED) is 0.647. The van der Waals surface area contributed by atoms with E-state index < -0.39 is 11.7 Å². The highest BCUT2D eigenvalue weighted by molar-refractivity contribution is 6.40. The van der Waals surface area contributed by atoms with Crippen LogP contribution in [-0.2, 0) is 10.6 Å². The number of rotatable bonds is 1. The summed E-state index contributed by atoms with van der Waals surface area (Å²) in [4.78, 5) is 12.4. The molecule has 0 fully saturated rings. The molecule has 0 saturated heterocycles. The minimum atomic E-state index is -0.609. The van der Waals surface area contributed by atoms with Crippen LogP contribution in [0.2, 0.25) is 10.0 Å². The Bertz CT molecular complexity index is 671. The third kappa shape index (κ3) is 2.90. The molecule has 0 atom stereocenters. The van der Waals surface area contributed by atoms with Gasteiger partial charge >= 0.3 is 6.09 Å². The highest BCUT2D eigenvalue weighted by atomic mass is 35.5. The molecule has 0 spiro atoms. The van der Waals surface area contributed by atoms with Gasteiger partial charge in [0, 0.05) is 11.1 Å². The van der Waals surface area contributed by atoms with E-state index in [2.05, 4.69) is 0 Å². The molecule has 0 aliphatic rings. The van der Waals surface area contributed by atoms with Gasteiger partial charge in [0.15, 0.2) is 0 Å². The first kappa shape index (κ1) is 15.5. The lowest BCUT2D eigenvalue weighted by Gasteiger charge is -2.20. The second-order valence-corrected chi connectivity index (χ2v) is 6.46. The second-order valence-electron chi connectivity index (χ2n) is 5.38. The van der Waals surface area contributed by atoms with Gasteiger partial charge in [-0.1, -0.05) is 23.2 Å². The van der Waals surface area contributed by atoms with Crippen molar-refractivity contribution in [3.8, 4) is 0 Å². The summed E-state index contributed by atoms with van der Waals surface area (Å²) >= 11 is 18.2. The Balaban J connectivity index is 2.68. The molecule has 1 aromatic heterocycles. The SMILES string of the molecule is CC(C)(C)OC(=O)n1c(CCl)cc2c(Cl)ccc(Cl)c21. The molecule has 2 rings (SSSR count). The number of aromatic nitrogens is 1. The molecule has 3 nitrogen and oxygen atoms in total. The molecule has 0 saturated carbocycles. The number of carbonyl (C=O) groups excluding carboxylic acids is 1. The van der Waals surface area contributed by atoms with E-state index in [1.807, 2.05) is 0 Å². The molecule has 0 aliphatic carbocycles. The van der Waals surface area contributed by atoms with Crippen LogP contribution < -0.4 is 0 Å². The van der Waals surface area contributed by atoms with Crippen LogP contribution in [-0.4, -0.2) is 16.3 Å². The summed E-state index contributed by atoms with van der Waals surface area (Å²) in [6.07, 6.45) is -0.521. The van der Waals surface area contributed by atoms with E-state index >= 15 is 0 Å². The smallest absolute Gasteiger partial charge is 0.419 e. The van der Waals surface area contributed by atoms with Gasteiger partial charge in [-0.3, -0.25) is 0 Å². The zero-order chi connectivity index (χ0) is 15.1. The fraction of sp³-hybridized carbons (Fsp3) is 0.357. The van der Waals surface area contributed by atoms with Crippen LogP contribution in [0.3, 0.4) is 0 Å². The van der Waals surface area contributed by atoms with Crippen molar-refractivity contribution in [2.24, 2.45) is 0 Å². The van der Waals surface area contributed by atoms with Gasteiger partial charge in [0.25, 0.3) is 0 Å². The van der Waals surface area contributed by atoms with Crippen molar-refractivity contribution in [2.45, 2.75) is 32.3 Å². The highest BCUT2D eigenvalue weighted by Crippen LogP contribution is 2.33. The number of halogens is 3. The number of fused-ring (bicyclic) bond motifs is 1. The third-order valence-electron chi connectivity index (χ3n) is 2.65. The number of hydrogen-bond acceptors (Lipinski definition) is 2. The first-order valence-electron chi connectivity index (χ1n) is 6.02. The highest BCUT2D eigenvalue weighted by Gasteiger charge is 2.23. The fourth-order valence-electron chi connectivity index (χ4n) is 1.91. The van der Waals surface area contributed by atoms with E-state index in [4.69, 9.17) is 39.5 Å². The standard InChI is InChI=1S/C14H14Cl3NO2/c1-14(2,3)20-13(19)18-8(7-15)6-9-10(16)4-5-11(17)12(9)18/h4-6H,7H2,1-3H3. The molecular weight excluding hydrogens is 321 g/mol. The van der Waals surface area contributed by atoms with Gasteiger partial charge in [-0.25, -0.2) is 9.36 Å². The first-order chi connectivity index (χ1) is 9.24. The molecule has 6 heteroatoms. The molecule has 0 aliphatic heterocycles. The number of alkyl halides is 1. The number of hydrogen-bond donors (Lipinski definition) is 0. The average molecular weight is 335 g/mol. The molecule has 0 bridgehead atoms.